The number of unbranched alkanes of at least 4 members (excludes halogenated alkanes) is 2. The minimum Gasteiger partial charge on any atom is -0.392 e. The summed E-state index contributed by atoms with van der Waals surface area (Å²) in [6.07, 6.45) is 13.4. The lowest BCUT2D eigenvalue weighted by atomic mass is 9.88. The maximum absolute atomic E-state index is 10.5. The largest absolute Gasteiger partial charge is 0.392 e. The van der Waals surface area contributed by atoms with Gasteiger partial charge in [0.2, 0.25) is 0 Å². The van der Waals surface area contributed by atoms with Crippen LogP contribution in [-0.4, -0.2) is 48.0 Å². The summed E-state index contributed by atoms with van der Waals surface area (Å²) in [5.41, 5.74) is 1.59. The Hall–Kier alpha value is -1.08. The number of aliphatic hydroxyl groups excluding tert-OH is 2. The highest BCUT2D eigenvalue weighted by molar-refractivity contribution is 5.21. The van der Waals surface area contributed by atoms with Crippen molar-refractivity contribution in [2.45, 2.75) is 71.0 Å². The average molecular weight is 374 g/mol. The van der Waals surface area contributed by atoms with Crippen LogP contribution < -0.4 is 0 Å². The average Bonchev–Trinajstić information content (AvgIpc) is 3.13. The van der Waals surface area contributed by atoms with Gasteiger partial charge in [-0.05, 0) is 77.4 Å². The van der Waals surface area contributed by atoms with Crippen LogP contribution in [0.4, 0.5) is 0 Å². The van der Waals surface area contributed by atoms with Gasteiger partial charge in [0.05, 0.1) is 12.2 Å². The van der Waals surface area contributed by atoms with E-state index in [4.69, 9.17) is 0 Å². The first-order valence-corrected chi connectivity index (χ1v) is 10.7. The molecule has 3 nitrogen and oxygen atoms in total. The van der Waals surface area contributed by atoms with E-state index in [0.29, 0.717) is 18.3 Å². The highest BCUT2D eigenvalue weighted by atomic mass is 16.3. The molecule has 2 N–H and O–H groups in total. The van der Waals surface area contributed by atoms with Gasteiger partial charge < -0.3 is 15.1 Å². The molecule has 0 amide bonds. The standard InChI is InChI=1S/C24H39NO2/c1-5-6-10-18(2)23(26)13-12-21-22-16-19(15-20(22)17-24(21)27)11-8-7-9-14-25(3)4/h12-13,15,18,20-24,26-27H,7-11,14,16-17H2,1-4H3/t18-,20-,21+,22-,23-,24+/m0/s1. The minimum absolute atomic E-state index is 0.127. The number of nitrogens with zero attached hydrogens (tertiary/aromatic N) is 1. The van der Waals surface area contributed by atoms with Crippen LogP contribution in [0.15, 0.2) is 23.8 Å². The first-order valence-electron chi connectivity index (χ1n) is 10.7. The van der Waals surface area contributed by atoms with Gasteiger partial charge in [-0.2, -0.15) is 0 Å². The van der Waals surface area contributed by atoms with Crippen molar-refractivity contribution >= 4 is 0 Å². The molecule has 27 heavy (non-hydrogen) atoms. The summed E-state index contributed by atoms with van der Waals surface area (Å²) in [4.78, 5) is 2.25. The summed E-state index contributed by atoms with van der Waals surface area (Å²) in [6, 6.07) is 0. The third-order valence-corrected chi connectivity index (χ3v) is 6.27. The number of fused-ring (bicyclic) bond motifs is 1. The third kappa shape index (κ3) is 6.79. The van der Waals surface area contributed by atoms with Gasteiger partial charge in [0.25, 0.3) is 0 Å². The first kappa shape index (κ1) is 22.2. The highest BCUT2D eigenvalue weighted by Gasteiger charge is 2.43. The third-order valence-electron chi connectivity index (χ3n) is 6.27. The second-order valence-electron chi connectivity index (χ2n) is 8.83. The molecule has 1 fully saturated rings. The molecular formula is C24H39NO2. The molecule has 2 aliphatic carbocycles. The van der Waals surface area contributed by atoms with E-state index in [0.717, 1.165) is 12.8 Å². The lowest BCUT2D eigenvalue weighted by Crippen LogP contribution is -2.19. The maximum atomic E-state index is 10.5. The van der Waals surface area contributed by atoms with Crippen molar-refractivity contribution < 1.29 is 10.2 Å². The van der Waals surface area contributed by atoms with Crippen LogP contribution in [0, 0.1) is 35.5 Å². The Morgan fingerprint density at radius 3 is 2.78 bits per heavy atom. The van der Waals surface area contributed by atoms with E-state index in [2.05, 4.69) is 43.0 Å². The maximum Gasteiger partial charge on any atom is 0.0755 e. The van der Waals surface area contributed by atoms with Crippen LogP contribution in [0.1, 0.15) is 58.8 Å². The summed E-state index contributed by atoms with van der Waals surface area (Å²) in [6.45, 7) is 5.03. The van der Waals surface area contributed by atoms with Crippen LogP contribution >= 0.6 is 0 Å². The van der Waals surface area contributed by atoms with Crippen LogP contribution in [0.5, 0.6) is 0 Å². The number of allylic oxidation sites excluding steroid dienone is 2. The fourth-order valence-corrected chi connectivity index (χ4v) is 4.56. The van der Waals surface area contributed by atoms with Gasteiger partial charge in [-0.15, -0.1) is 11.8 Å². The number of rotatable bonds is 10. The van der Waals surface area contributed by atoms with E-state index < -0.39 is 6.10 Å². The molecule has 2 aliphatic rings. The summed E-state index contributed by atoms with van der Waals surface area (Å²) < 4.78 is 0. The summed E-state index contributed by atoms with van der Waals surface area (Å²) >= 11 is 0. The Morgan fingerprint density at radius 2 is 2.07 bits per heavy atom. The van der Waals surface area contributed by atoms with Crippen molar-refractivity contribution in [3.63, 3.8) is 0 Å². The van der Waals surface area contributed by atoms with E-state index >= 15 is 0 Å². The molecule has 0 saturated heterocycles. The smallest absolute Gasteiger partial charge is 0.0755 e. The van der Waals surface area contributed by atoms with Gasteiger partial charge in [-0.3, -0.25) is 0 Å². The van der Waals surface area contributed by atoms with Gasteiger partial charge in [-0.1, -0.05) is 37.1 Å². The second kappa shape index (κ2) is 11.1. The van der Waals surface area contributed by atoms with E-state index in [1.165, 1.54) is 32.2 Å². The monoisotopic (exact) mass is 373 g/mol. The van der Waals surface area contributed by atoms with Gasteiger partial charge in [0, 0.05) is 12.3 Å². The van der Waals surface area contributed by atoms with Crippen LogP contribution in [-0.2, 0) is 0 Å². The van der Waals surface area contributed by atoms with Crippen LogP contribution in [0.25, 0.3) is 0 Å². The topological polar surface area (TPSA) is 43.7 Å². The molecule has 152 valence electrons. The molecular weight excluding hydrogens is 334 g/mol. The van der Waals surface area contributed by atoms with Crippen molar-refractivity contribution in [3.8, 4) is 11.8 Å². The number of aliphatic hydroxyl groups is 2. The Morgan fingerprint density at radius 1 is 1.30 bits per heavy atom. The molecule has 0 aromatic heterocycles. The second-order valence-corrected chi connectivity index (χ2v) is 8.83. The fraction of sp³-hybridized carbons (Fsp3) is 0.750. The zero-order chi connectivity index (χ0) is 19.8. The minimum atomic E-state index is -0.484. The van der Waals surface area contributed by atoms with Gasteiger partial charge >= 0.3 is 0 Å². The molecule has 0 bridgehead atoms. The van der Waals surface area contributed by atoms with E-state index in [9.17, 15) is 10.2 Å². The molecule has 0 radical (unpaired) electrons. The quantitative estimate of drug-likeness (QED) is 0.345. The zero-order valence-electron chi connectivity index (χ0n) is 17.7. The Balaban J connectivity index is 1.80. The molecule has 0 heterocycles. The summed E-state index contributed by atoms with van der Waals surface area (Å²) in [5.74, 6) is 7.27. The zero-order valence-corrected chi connectivity index (χ0v) is 17.7. The number of hydrogen-bond acceptors (Lipinski definition) is 3. The predicted octanol–water partition coefficient (Wildman–Crippen LogP) is 4.02. The van der Waals surface area contributed by atoms with Crippen molar-refractivity contribution in [3.05, 3.63) is 23.8 Å². The SMILES string of the molecule is CC#CC[C@H](C)[C@@H](O)C=C[C@@H]1[C@H]2CC(CCCCCN(C)C)=C[C@H]2C[C@H]1O. The normalized spacial score (nSPS) is 29.5. The van der Waals surface area contributed by atoms with Gasteiger partial charge in [0.1, 0.15) is 0 Å². The van der Waals surface area contributed by atoms with Crippen molar-refractivity contribution in [2.75, 3.05) is 20.6 Å². The van der Waals surface area contributed by atoms with Crippen molar-refractivity contribution in [1.29, 1.82) is 0 Å². The lowest BCUT2D eigenvalue weighted by molar-refractivity contribution is 0.137. The number of hydrogen-bond donors (Lipinski definition) is 2. The summed E-state index contributed by atoms with van der Waals surface area (Å²) in [5, 5.41) is 20.8. The first-order chi connectivity index (χ1) is 12.9. The molecule has 0 aromatic carbocycles. The van der Waals surface area contributed by atoms with E-state index in [1.54, 1.807) is 5.57 Å². The van der Waals surface area contributed by atoms with Gasteiger partial charge in [0.15, 0.2) is 0 Å². The molecule has 0 unspecified atom stereocenters. The molecule has 1 saturated carbocycles. The molecule has 0 aromatic rings. The van der Waals surface area contributed by atoms with Crippen molar-refractivity contribution in [1.82, 2.24) is 4.90 Å². The Labute approximate surface area is 166 Å². The predicted molar refractivity (Wildman–Crippen MR) is 113 cm³/mol. The molecule has 3 heteroatoms. The molecule has 0 spiro atoms. The van der Waals surface area contributed by atoms with Crippen LogP contribution in [0.2, 0.25) is 0 Å². The Kier molecular flexibility index (Phi) is 9.09. The lowest BCUT2D eigenvalue weighted by Gasteiger charge is -2.20. The van der Waals surface area contributed by atoms with Crippen molar-refractivity contribution in [2.24, 2.45) is 23.7 Å². The van der Waals surface area contributed by atoms with E-state index in [-0.39, 0.29) is 17.9 Å². The Bertz CT molecular complexity index is 569. The fourth-order valence-electron chi connectivity index (χ4n) is 4.56. The van der Waals surface area contributed by atoms with E-state index in [1.807, 2.05) is 19.9 Å². The summed E-state index contributed by atoms with van der Waals surface area (Å²) in [7, 11) is 4.27. The van der Waals surface area contributed by atoms with Crippen LogP contribution in [0.3, 0.4) is 0 Å². The molecule has 6 atom stereocenters. The molecule has 0 aliphatic heterocycles. The highest BCUT2D eigenvalue weighted by Crippen LogP contribution is 2.48. The molecule has 2 rings (SSSR count). The van der Waals surface area contributed by atoms with Gasteiger partial charge in [-0.25, -0.2) is 0 Å².